The summed E-state index contributed by atoms with van der Waals surface area (Å²) in [5, 5.41) is 2.29. The molecule has 1 saturated heterocycles. The van der Waals surface area contributed by atoms with Crippen LogP contribution in [-0.2, 0) is 19.6 Å². The summed E-state index contributed by atoms with van der Waals surface area (Å²) in [5.74, 6) is -3.81. The molecule has 0 bridgehead atoms. The van der Waals surface area contributed by atoms with E-state index >= 15 is 0 Å². The number of carbonyl (C=O) groups excluding carboxylic acids is 2. The molecule has 2 aromatic rings. The molecule has 1 atom stereocenters. The Hall–Kier alpha value is -2.85. The molecule has 0 radical (unpaired) electrons. The number of piperidine rings is 1. The Morgan fingerprint density at radius 1 is 1.12 bits per heavy atom. The Morgan fingerprint density at radius 2 is 1.88 bits per heavy atom. The highest BCUT2D eigenvalue weighted by atomic mass is 32.2. The molecule has 0 spiro atoms. The standard InChI is InChI=1S/C22H24F2N2O5S/c1-14-6-8-17(32(29,30)26-10-4-3-5-15(26)2)12-18(14)22(28)31-13-21(27)25-16-7-9-19(23)20(24)11-16/h6-9,11-12,15H,3-5,10,13H2,1-2H3,(H,25,27). The molecule has 7 nitrogen and oxygen atoms in total. The van der Waals surface area contributed by atoms with Crippen LogP contribution in [0.2, 0.25) is 0 Å². The summed E-state index contributed by atoms with van der Waals surface area (Å²) in [6.07, 6.45) is 2.51. The fourth-order valence-corrected chi connectivity index (χ4v) is 5.25. The minimum Gasteiger partial charge on any atom is -0.452 e. The molecule has 1 heterocycles. The van der Waals surface area contributed by atoms with Crippen LogP contribution in [-0.4, -0.2) is 43.8 Å². The monoisotopic (exact) mass is 466 g/mol. The predicted molar refractivity (Wildman–Crippen MR) is 114 cm³/mol. The number of amides is 1. The number of nitrogens with one attached hydrogen (secondary N) is 1. The van der Waals surface area contributed by atoms with Crippen molar-refractivity contribution in [1.29, 1.82) is 0 Å². The van der Waals surface area contributed by atoms with Crippen LogP contribution in [0.1, 0.15) is 42.1 Å². The number of anilines is 1. The topological polar surface area (TPSA) is 92.8 Å². The average molecular weight is 467 g/mol. The highest BCUT2D eigenvalue weighted by molar-refractivity contribution is 7.89. The molecule has 1 N–H and O–H groups in total. The summed E-state index contributed by atoms with van der Waals surface area (Å²) in [6, 6.07) is 6.90. The lowest BCUT2D eigenvalue weighted by Gasteiger charge is -2.32. The van der Waals surface area contributed by atoms with Crippen molar-refractivity contribution in [3.05, 3.63) is 59.2 Å². The van der Waals surface area contributed by atoms with Gasteiger partial charge in [0.05, 0.1) is 10.5 Å². The fraction of sp³-hybridized carbons (Fsp3) is 0.364. The van der Waals surface area contributed by atoms with Crippen molar-refractivity contribution in [1.82, 2.24) is 4.31 Å². The van der Waals surface area contributed by atoms with Crippen molar-refractivity contribution in [2.75, 3.05) is 18.5 Å². The molecule has 0 aliphatic carbocycles. The summed E-state index contributed by atoms with van der Waals surface area (Å²) < 4.78 is 58.8. The second-order valence-electron chi connectivity index (χ2n) is 7.69. The summed E-state index contributed by atoms with van der Waals surface area (Å²) >= 11 is 0. The van der Waals surface area contributed by atoms with Crippen LogP contribution in [0.25, 0.3) is 0 Å². The molecule has 32 heavy (non-hydrogen) atoms. The molecule has 10 heteroatoms. The molecule has 3 rings (SSSR count). The van der Waals surface area contributed by atoms with E-state index < -0.39 is 40.1 Å². The third kappa shape index (κ3) is 5.31. The van der Waals surface area contributed by atoms with Crippen molar-refractivity contribution in [2.45, 2.75) is 44.0 Å². The quantitative estimate of drug-likeness (QED) is 0.657. The van der Waals surface area contributed by atoms with Gasteiger partial charge < -0.3 is 10.1 Å². The van der Waals surface area contributed by atoms with Crippen molar-refractivity contribution in [3.63, 3.8) is 0 Å². The van der Waals surface area contributed by atoms with Crippen molar-refractivity contribution in [2.24, 2.45) is 0 Å². The molecule has 172 valence electrons. The molecule has 1 aliphatic heterocycles. The number of hydrogen-bond donors (Lipinski definition) is 1. The van der Waals surface area contributed by atoms with E-state index in [9.17, 15) is 26.8 Å². The number of benzene rings is 2. The van der Waals surface area contributed by atoms with E-state index in [0.717, 1.165) is 37.5 Å². The first-order valence-electron chi connectivity index (χ1n) is 10.1. The largest absolute Gasteiger partial charge is 0.452 e. The zero-order valence-electron chi connectivity index (χ0n) is 17.7. The maximum atomic E-state index is 13.2. The van der Waals surface area contributed by atoms with Crippen LogP contribution in [0.15, 0.2) is 41.3 Å². The number of nitrogens with zero attached hydrogens (tertiary/aromatic N) is 1. The van der Waals surface area contributed by atoms with Crippen LogP contribution in [0.4, 0.5) is 14.5 Å². The summed E-state index contributed by atoms with van der Waals surface area (Å²) in [6.45, 7) is 3.21. The van der Waals surface area contributed by atoms with Crippen LogP contribution in [0.5, 0.6) is 0 Å². The van der Waals surface area contributed by atoms with Gasteiger partial charge in [-0.25, -0.2) is 22.0 Å². The highest BCUT2D eigenvalue weighted by Gasteiger charge is 2.31. The van der Waals surface area contributed by atoms with Gasteiger partial charge in [0.1, 0.15) is 0 Å². The normalized spacial score (nSPS) is 17.1. The van der Waals surface area contributed by atoms with Crippen LogP contribution in [0, 0.1) is 18.6 Å². The van der Waals surface area contributed by atoms with Crippen LogP contribution < -0.4 is 5.32 Å². The molecule has 1 unspecified atom stereocenters. The molecule has 1 fully saturated rings. The minimum absolute atomic E-state index is 0.00451. The number of ether oxygens (including phenoxy) is 1. The molecule has 0 aromatic heterocycles. The third-order valence-electron chi connectivity index (χ3n) is 5.32. The number of hydrogen-bond acceptors (Lipinski definition) is 5. The number of esters is 1. The second-order valence-corrected chi connectivity index (χ2v) is 9.58. The molecule has 1 aliphatic rings. The van der Waals surface area contributed by atoms with Gasteiger partial charge in [0.25, 0.3) is 5.91 Å². The highest BCUT2D eigenvalue weighted by Crippen LogP contribution is 2.26. The lowest BCUT2D eigenvalue weighted by Crippen LogP contribution is -2.41. The van der Waals surface area contributed by atoms with E-state index in [0.29, 0.717) is 12.1 Å². The van der Waals surface area contributed by atoms with Gasteiger partial charge in [-0.15, -0.1) is 0 Å². The third-order valence-corrected chi connectivity index (χ3v) is 7.32. The number of rotatable bonds is 6. The van der Waals surface area contributed by atoms with Gasteiger partial charge in [-0.2, -0.15) is 4.31 Å². The second kappa shape index (κ2) is 9.74. The van der Waals surface area contributed by atoms with E-state index in [-0.39, 0.29) is 22.2 Å². The number of sulfonamides is 1. The lowest BCUT2D eigenvalue weighted by molar-refractivity contribution is -0.119. The van der Waals surface area contributed by atoms with Gasteiger partial charge in [0, 0.05) is 24.3 Å². The van der Waals surface area contributed by atoms with Crippen LogP contribution in [0.3, 0.4) is 0 Å². The maximum absolute atomic E-state index is 13.2. The molecule has 1 amide bonds. The van der Waals surface area contributed by atoms with E-state index in [1.54, 1.807) is 6.92 Å². The lowest BCUT2D eigenvalue weighted by atomic mass is 10.1. The van der Waals surface area contributed by atoms with E-state index in [1.165, 1.54) is 22.5 Å². The maximum Gasteiger partial charge on any atom is 0.338 e. The molecular weight excluding hydrogens is 442 g/mol. The zero-order chi connectivity index (χ0) is 23.5. The van der Waals surface area contributed by atoms with Gasteiger partial charge in [-0.05, 0) is 56.5 Å². The summed E-state index contributed by atoms with van der Waals surface area (Å²) in [7, 11) is -3.78. The fourth-order valence-electron chi connectivity index (χ4n) is 3.53. The Balaban J connectivity index is 1.70. The minimum atomic E-state index is -3.78. The first-order chi connectivity index (χ1) is 15.1. The Labute approximate surface area is 185 Å². The number of halogens is 2. The first kappa shape index (κ1) is 23.8. The Morgan fingerprint density at radius 3 is 2.56 bits per heavy atom. The Kier molecular flexibility index (Phi) is 7.25. The van der Waals surface area contributed by atoms with Gasteiger partial charge in [-0.3, -0.25) is 4.79 Å². The number of aryl methyl sites for hydroxylation is 1. The summed E-state index contributed by atoms with van der Waals surface area (Å²) in [4.78, 5) is 24.5. The van der Waals surface area contributed by atoms with Crippen molar-refractivity contribution >= 4 is 27.6 Å². The molecule has 0 saturated carbocycles. The van der Waals surface area contributed by atoms with Crippen molar-refractivity contribution in [3.8, 4) is 0 Å². The van der Waals surface area contributed by atoms with Crippen LogP contribution >= 0.6 is 0 Å². The first-order valence-corrected chi connectivity index (χ1v) is 11.6. The molecular formula is C22H24F2N2O5S. The molecule has 2 aromatic carbocycles. The smallest absolute Gasteiger partial charge is 0.338 e. The summed E-state index contributed by atoms with van der Waals surface area (Å²) in [5.41, 5.74) is 0.517. The Bertz CT molecular complexity index is 1140. The van der Waals surface area contributed by atoms with Gasteiger partial charge >= 0.3 is 5.97 Å². The van der Waals surface area contributed by atoms with Crippen molar-refractivity contribution < 1.29 is 31.5 Å². The average Bonchev–Trinajstić information content (AvgIpc) is 2.75. The zero-order valence-corrected chi connectivity index (χ0v) is 18.5. The number of carbonyl (C=O) groups is 2. The van der Waals surface area contributed by atoms with E-state index in [1.807, 2.05) is 6.92 Å². The predicted octanol–water partition coefficient (Wildman–Crippen LogP) is 3.63. The SMILES string of the molecule is Cc1ccc(S(=O)(=O)N2CCCCC2C)cc1C(=O)OCC(=O)Nc1ccc(F)c(F)c1. The van der Waals surface area contributed by atoms with Gasteiger partial charge in [0.2, 0.25) is 10.0 Å². The van der Waals surface area contributed by atoms with Gasteiger partial charge in [0.15, 0.2) is 18.2 Å². The van der Waals surface area contributed by atoms with E-state index in [2.05, 4.69) is 5.32 Å². The van der Waals surface area contributed by atoms with E-state index in [4.69, 9.17) is 4.74 Å². The van der Waals surface area contributed by atoms with Gasteiger partial charge in [-0.1, -0.05) is 12.5 Å².